The lowest BCUT2D eigenvalue weighted by Crippen LogP contribution is -2.11. The molecule has 0 radical (unpaired) electrons. The number of halogens is 1. The third-order valence-corrected chi connectivity index (χ3v) is 3.10. The van der Waals surface area contributed by atoms with E-state index in [1.165, 1.54) is 12.1 Å². The number of rotatable bonds is 6. The first-order valence-electron chi connectivity index (χ1n) is 6.93. The fourth-order valence-electron chi connectivity index (χ4n) is 1.72. The Morgan fingerprint density at radius 1 is 1.26 bits per heavy atom. The van der Waals surface area contributed by atoms with Crippen LogP contribution in [-0.2, 0) is 0 Å². The molecule has 2 aromatic rings. The standard InChI is InChI=1S/C16H16ClNO5/c1-9(2)8-22-12-4-3-10(7-11(12)17)18-15(19)13-5-6-14(23-13)16(20)21/h3-7,9H,8H2,1-2H3,(H,18,19)(H,20,21). The summed E-state index contributed by atoms with van der Waals surface area (Å²) in [4.78, 5) is 22.7. The molecular weight excluding hydrogens is 322 g/mol. The van der Waals surface area contributed by atoms with E-state index in [9.17, 15) is 9.59 Å². The van der Waals surface area contributed by atoms with Gasteiger partial charge >= 0.3 is 5.97 Å². The summed E-state index contributed by atoms with van der Waals surface area (Å²) in [6, 6.07) is 7.36. The summed E-state index contributed by atoms with van der Waals surface area (Å²) < 4.78 is 10.5. The van der Waals surface area contributed by atoms with Crippen molar-refractivity contribution in [3.8, 4) is 5.75 Å². The number of anilines is 1. The van der Waals surface area contributed by atoms with Gasteiger partial charge in [-0.25, -0.2) is 4.79 Å². The molecule has 0 saturated carbocycles. The summed E-state index contributed by atoms with van der Waals surface area (Å²) in [6.45, 7) is 4.59. The predicted molar refractivity (Wildman–Crippen MR) is 85.4 cm³/mol. The Bertz CT molecular complexity index is 723. The van der Waals surface area contributed by atoms with E-state index in [2.05, 4.69) is 5.32 Å². The molecule has 2 rings (SSSR count). The Balaban J connectivity index is 2.06. The molecule has 23 heavy (non-hydrogen) atoms. The molecule has 0 fully saturated rings. The molecule has 6 nitrogen and oxygen atoms in total. The molecule has 1 aromatic heterocycles. The van der Waals surface area contributed by atoms with Crippen LogP contribution >= 0.6 is 11.6 Å². The average molecular weight is 338 g/mol. The zero-order chi connectivity index (χ0) is 17.0. The van der Waals surface area contributed by atoms with E-state index < -0.39 is 11.9 Å². The first-order chi connectivity index (χ1) is 10.9. The number of carbonyl (C=O) groups excluding carboxylic acids is 1. The van der Waals surface area contributed by atoms with Gasteiger partial charge in [0.15, 0.2) is 5.76 Å². The van der Waals surface area contributed by atoms with Gasteiger partial charge in [0.05, 0.1) is 11.6 Å². The SMILES string of the molecule is CC(C)COc1ccc(NC(=O)c2ccc(C(=O)O)o2)cc1Cl. The first kappa shape index (κ1) is 16.9. The van der Waals surface area contributed by atoms with Gasteiger partial charge in [-0.3, -0.25) is 4.79 Å². The highest BCUT2D eigenvalue weighted by molar-refractivity contribution is 6.32. The number of carboxylic acids is 1. The molecule has 0 unspecified atom stereocenters. The van der Waals surface area contributed by atoms with Crippen LogP contribution in [0.15, 0.2) is 34.7 Å². The van der Waals surface area contributed by atoms with Gasteiger partial charge < -0.3 is 19.6 Å². The van der Waals surface area contributed by atoms with Gasteiger partial charge in [0.25, 0.3) is 5.91 Å². The molecule has 0 spiro atoms. The molecule has 0 bridgehead atoms. The van der Waals surface area contributed by atoms with Crippen molar-refractivity contribution >= 4 is 29.2 Å². The summed E-state index contributed by atoms with van der Waals surface area (Å²) in [7, 11) is 0. The minimum atomic E-state index is -1.24. The van der Waals surface area contributed by atoms with Crippen molar-refractivity contribution in [1.29, 1.82) is 0 Å². The molecule has 122 valence electrons. The number of amides is 1. The zero-order valence-electron chi connectivity index (χ0n) is 12.6. The molecular formula is C16H16ClNO5. The van der Waals surface area contributed by atoms with Gasteiger partial charge in [-0.15, -0.1) is 0 Å². The third-order valence-electron chi connectivity index (χ3n) is 2.80. The summed E-state index contributed by atoms with van der Waals surface area (Å²) in [5.74, 6) is -1.30. The molecule has 1 amide bonds. The fraction of sp³-hybridized carbons (Fsp3) is 0.250. The van der Waals surface area contributed by atoms with Gasteiger partial charge in [-0.05, 0) is 36.2 Å². The second-order valence-electron chi connectivity index (χ2n) is 5.27. The average Bonchev–Trinajstić information content (AvgIpc) is 2.96. The highest BCUT2D eigenvalue weighted by Crippen LogP contribution is 2.28. The number of furan rings is 1. The molecule has 0 saturated heterocycles. The van der Waals surface area contributed by atoms with Crippen LogP contribution in [0, 0.1) is 5.92 Å². The Labute approximate surface area is 138 Å². The van der Waals surface area contributed by atoms with Crippen LogP contribution < -0.4 is 10.1 Å². The number of nitrogens with one attached hydrogen (secondary N) is 1. The highest BCUT2D eigenvalue weighted by Gasteiger charge is 2.15. The Hall–Kier alpha value is -2.47. The molecule has 1 heterocycles. The molecule has 1 aromatic carbocycles. The maximum atomic E-state index is 12.0. The number of benzene rings is 1. The predicted octanol–water partition coefficient (Wildman–Crippen LogP) is 3.92. The molecule has 0 aliphatic carbocycles. The third kappa shape index (κ3) is 4.50. The summed E-state index contributed by atoms with van der Waals surface area (Å²) >= 11 is 6.11. The molecule has 2 N–H and O–H groups in total. The van der Waals surface area contributed by atoms with Gasteiger partial charge in [0, 0.05) is 5.69 Å². The van der Waals surface area contributed by atoms with Crippen molar-refractivity contribution in [1.82, 2.24) is 0 Å². The van der Waals surface area contributed by atoms with Crippen molar-refractivity contribution in [2.45, 2.75) is 13.8 Å². The lowest BCUT2D eigenvalue weighted by molar-refractivity contribution is 0.0660. The normalized spacial score (nSPS) is 10.6. The second kappa shape index (κ2) is 7.19. The van der Waals surface area contributed by atoms with Crippen molar-refractivity contribution in [3.05, 3.63) is 46.9 Å². The van der Waals surface area contributed by atoms with Crippen molar-refractivity contribution < 1.29 is 23.8 Å². The lowest BCUT2D eigenvalue weighted by Gasteiger charge is -2.11. The Kier molecular flexibility index (Phi) is 5.28. The van der Waals surface area contributed by atoms with Crippen LogP contribution in [0.4, 0.5) is 5.69 Å². The van der Waals surface area contributed by atoms with Crippen LogP contribution in [0.5, 0.6) is 5.75 Å². The Morgan fingerprint density at radius 2 is 1.96 bits per heavy atom. The highest BCUT2D eigenvalue weighted by atomic mass is 35.5. The van der Waals surface area contributed by atoms with Crippen molar-refractivity contribution in [3.63, 3.8) is 0 Å². The lowest BCUT2D eigenvalue weighted by atomic mass is 10.2. The van der Waals surface area contributed by atoms with E-state index in [0.29, 0.717) is 29.0 Å². The van der Waals surface area contributed by atoms with E-state index in [4.69, 9.17) is 25.9 Å². The summed E-state index contributed by atoms with van der Waals surface area (Å²) in [5.41, 5.74) is 0.449. The van der Waals surface area contributed by atoms with Crippen LogP contribution in [0.2, 0.25) is 5.02 Å². The minimum absolute atomic E-state index is 0.0985. The fourth-order valence-corrected chi connectivity index (χ4v) is 1.95. The molecule has 7 heteroatoms. The first-order valence-corrected chi connectivity index (χ1v) is 7.31. The number of hydrogen-bond donors (Lipinski definition) is 2. The number of ether oxygens (including phenoxy) is 1. The number of carbonyl (C=O) groups is 2. The van der Waals surface area contributed by atoms with Crippen LogP contribution in [0.25, 0.3) is 0 Å². The quantitative estimate of drug-likeness (QED) is 0.834. The smallest absolute Gasteiger partial charge is 0.371 e. The van der Waals surface area contributed by atoms with Gasteiger partial charge in [0.1, 0.15) is 5.75 Å². The zero-order valence-corrected chi connectivity index (χ0v) is 13.4. The van der Waals surface area contributed by atoms with Gasteiger partial charge in [-0.2, -0.15) is 0 Å². The van der Waals surface area contributed by atoms with E-state index in [1.807, 2.05) is 13.8 Å². The maximum absolute atomic E-state index is 12.0. The van der Waals surface area contributed by atoms with E-state index >= 15 is 0 Å². The van der Waals surface area contributed by atoms with Crippen molar-refractivity contribution in [2.24, 2.45) is 5.92 Å². The topological polar surface area (TPSA) is 88.8 Å². The molecule has 0 aliphatic heterocycles. The molecule has 0 aliphatic rings. The van der Waals surface area contributed by atoms with E-state index in [0.717, 1.165) is 0 Å². The van der Waals surface area contributed by atoms with Gasteiger partial charge in [-0.1, -0.05) is 25.4 Å². The van der Waals surface area contributed by atoms with Crippen LogP contribution in [0.3, 0.4) is 0 Å². The maximum Gasteiger partial charge on any atom is 0.371 e. The summed E-state index contributed by atoms with van der Waals surface area (Å²) in [6.07, 6.45) is 0. The van der Waals surface area contributed by atoms with Crippen molar-refractivity contribution in [2.75, 3.05) is 11.9 Å². The summed E-state index contributed by atoms with van der Waals surface area (Å²) in [5, 5.41) is 11.7. The molecule has 0 atom stereocenters. The Morgan fingerprint density at radius 3 is 2.52 bits per heavy atom. The number of hydrogen-bond acceptors (Lipinski definition) is 4. The number of carboxylic acid groups (broad SMARTS) is 1. The van der Waals surface area contributed by atoms with E-state index in [-0.39, 0.29) is 11.5 Å². The van der Waals surface area contributed by atoms with Crippen LogP contribution in [0.1, 0.15) is 35.0 Å². The van der Waals surface area contributed by atoms with Crippen LogP contribution in [-0.4, -0.2) is 23.6 Å². The number of aromatic carboxylic acids is 1. The second-order valence-corrected chi connectivity index (χ2v) is 5.68. The van der Waals surface area contributed by atoms with E-state index in [1.54, 1.807) is 18.2 Å². The minimum Gasteiger partial charge on any atom is -0.492 e. The monoisotopic (exact) mass is 337 g/mol. The largest absolute Gasteiger partial charge is 0.492 e. The van der Waals surface area contributed by atoms with Gasteiger partial charge in [0.2, 0.25) is 5.76 Å².